The minimum atomic E-state index is -0.550. The van der Waals surface area contributed by atoms with E-state index in [-0.39, 0.29) is 0 Å². The van der Waals surface area contributed by atoms with Crippen LogP contribution in [0.5, 0.6) is 11.5 Å². The Morgan fingerprint density at radius 2 is 2.19 bits per heavy atom. The molecule has 6 heteroatoms. The Bertz CT molecular complexity index is 404. The number of anilines is 1. The molecule has 0 saturated heterocycles. The van der Waals surface area contributed by atoms with Crippen molar-refractivity contribution in [2.45, 2.75) is 0 Å². The van der Waals surface area contributed by atoms with Crippen LogP contribution in [0.3, 0.4) is 0 Å². The van der Waals surface area contributed by atoms with Gasteiger partial charge in [0.15, 0.2) is 0 Å². The zero-order valence-corrected chi connectivity index (χ0v) is 8.93. The number of carbonyl (C=O) groups excluding carboxylic acids is 1. The first-order valence-corrected chi connectivity index (χ1v) is 4.41. The molecule has 1 aromatic rings. The van der Waals surface area contributed by atoms with Gasteiger partial charge in [-0.2, -0.15) is 0 Å². The molecule has 0 aromatic heterocycles. The van der Waals surface area contributed by atoms with Crippen LogP contribution in [0.15, 0.2) is 23.4 Å². The fourth-order valence-corrected chi connectivity index (χ4v) is 1.12. The van der Waals surface area contributed by atoms with E-state index in [2.05, 4.69) is 10.5 Å². The summed E-state index contributed by atoms with van der Waals surface area (Å²) < 4.78 is 10.1. The smallest absolute Gasteiger partial charge is 0.270 e. The van der Waals surface area contributed by atoms with Crippen LogP contribution >= 0.6 is 0 Å². The molecule has 0 unspecified atom stereocenters. The number of benzene rings is 1. The molecule has 2 N–H and O–H groups in total. The normalized spacial score (nSPS) is 10.1. The Kier molecular flexibility index (Phi) is 4.14. The van der Waals surface area contributed by atoms with Gasteiger partial charge in [-0.25, -0.2) is 0 Å². The Morgan fingerprint density at radius 3 is 2.75 bits per heavy atom. The Hall–Kier alpha value is -2.24. The molecule has 0 spiro atoms. The average Bonchev–Trinajstić information content (AvgIpc) is 2.30. The van der Waals surface area contributed by atoms with Crippen molar-refractivity contribution in [3.05, 3.63) is 18.2 Å². The van der Waals surface area contributed by atoms with Crippen LogP contribution in [0.4, 0.5) is 5.69 Å². The summed E-state index contributed by atoms with van der Waals surface area (Å²) in [6.07, 6.45) is 0.754. The summed E-state index contributed by atoms with van der Waals surface area (Å²) >= 11 is 0. The topological polar surface area (TPSA) is 80.2 Å². The van der Waals surface area contributed by atoms with Crippen molar-refractivity contribution in [2.75, 3.05) is 19.5 Å². The molecule has 0 atom stereocenters. The van der Waals surface area contributed by atoms with E-state index < -0.39 is 5.91 Å². The van der Waals surface area contributed by atoms with Crippen molar-refractivity contribution >= 4 is 17.8 Å². The standard InChI is InChI=1S/C10H12N2O4/c1-15-7-3-4-8(9(5-7)16-2)12-10(13)6-11-14/h3-6,14H,1-2H3,(H,12,13)/b11-6+. The molecule has 0 bridgehead atoms. The summed E-state index contributed by atoms with van der Waals surface area (Å²) in [7, 11) is 3.01. The van der Waals surface area contributed by atoms with Gasteiger partial charge in [0.05, 0.1) is 19.9 Å². The van der Waals surface area contributed by atoms with Gasteiger partial charge in [0.25, 0.3) is 5.91 Å². The van der Waals surface area contributed by atoms with Crippen molar-refractivity contribution in [1.29, 1.82) is 0 Å². The lowest BCUT2D eigenvalue weighted by Crippen LogP contribution is -2.13. The maximum Gasteiger partial charge on any atom is 0.270 e. The Labute approximate surface area is 92.5 Å². The number of oxime groups is 1. The third-order valence-electron chi connectivity index (χ3n) is 1.84. The molecule has 0 aliphatic carbocycles. The number of methoxy groups -OCH3 is 2. The highest BCUT2D eigenvalue weighted by Gasteiger charge is 2.07. The summed E-state index contributed by atoms with van der Waals surface area (Å²) in [5.41, 5.74) is 0.466. The molecule has 6 nitrogen and oxygen atoms in total. The van der Waals surface area contributed by atoms with E-state index >= 15 is 0 Å². The predicted molar refractivity (Wildman–Crippen MR) is 58.5 cm³/mol. The molecule has 0 heterocycles. The van der Waals surface area contributed by atoms with Gasteiger partial charge in [-0.05, 0) is 12.1 Å². The van der Waals surface area contributed by atoms with Gasteiger partial charge in [0, 0.05) is 6.07 Å². The SMILES string of the molecule is COc1ccc(NC(=O)/C=N/O)c(OC)c1. The van der Waals surface area contributed by atoms with Crippen molar-refractivity contribution in [2.24, 2.45) is 5.16 Å². The van der Waals surface area contributed by atoms with E-state index in [1.54, 1.807) is 18.2 Å². The first-order valence-electron chi connectivity index (χ1n) is 4.41. The highest BCUT2D eigenvalue weighted by atomic mass is 16.5. The zero-order chi connectivity index (χ0) is 12.0. The number of nitrogens with zero attached hydrogens (tertiary/aromatic N) is 1. The summed E-state index contributed by atoms with van der Waals surface area (Å²) in [4.78, 5) is 11.1. The maximum absolute atomic E-state index is 11.1. The van der Waals surface area contributed by atoms with Gasteiger partial charge in [-0.1, -0.05) is 5.16 Å². The van der Waals surface area contributed by atoms with Gasteiger partial charge in [0.2, 0.25) is 0 Å². The van der Waals surface area contributed by atoms with Gasteiger partial charge >= 0.3 is 0 Å². The van der Waals surface area contributed by atoms with Crippen molar-refractivity contribution in [3.8, 4) is 11.5 Å². The minimum Gasteiger partial charge on any atom is -0.497 e. The minimum absolute atomic E-state index is 0.457. The molecule has 1 aromatic carbocycles. The Balaban J connectivity index is 2.91. The highest BCUT2D eigenvalue weighted by Crippen LogP contribution is 2.28. The first-order chi connectivity index (χ1) is 7.71. The summed E-state index contributed by atoms with van der Waals surface area (Å²) in [5, 5.41) is 13.3. The lowest BCUT2D eigenvalue weighted by Gasteiger charge is -2.09. The van der Waals surface area contributed by atoms with Gasteiger partial charge in [-0.15, -0.1) is 0 Å². The largest absolute Gasteiger partial charge is 0.497 e. The molecular weight excluding hydrogens is 212 g/mol. The first kappa shape index (κ1) is 11.8. The van der Waals surface area contributed by atoms with Gasteiger partial charge in [-0.3, -0.25) is 4.79 Å². The van der Waals surface area contributed by atoms with E-state index in [4.69, 9.17) is 14.7 Å². The van der Waals surface area contributed by atoms with E-state index in [0.29, 0.717) is 17.2 Å². The van der Waals surface area contributed by atoms with E-state index in [1.807, 2.05) is 0 Å². The molecule has 16 heavy (non-hydrogen) atoms. The molecule has 0 aliphatic heterocycles. The Morgan fingerprint density at radius 1 is 1.44 bits per heavy atom. The van der Waals surface area contributed by atoms with Crippen LogP contribution in [0, 0.1) is 0 Å². The van der Waals surface area contributed by atoms with Crippen molar-refractivity contribution < 1.29 is 19.5 Å². The third kappa shape index (κ3) is 2.88. The quantitative estimate of drug-likeness (QED) is 0.456. The maximum atomic E-state index is 11.1. The fourth-order valence-electron chi connectivity index (χ4n) is 1.12. The second-order valence-electron chi connectivity index (χ2n) is 2.80. The van der Waals surface area contributed by atoms with E-state index in [1.165, 1.54) is 14.2 Å². The summed E-state index contributed by atoms with van der Waals surface area (Å²) in [5.74, 6) is 0.524. The number of hydrogen-bond acceptors (Lipinski definition) is 5. The number of nitrogens with one attached hydrogen (secondary N) is 1. The lowest BCUT2D eigenvalue weighted by atomic mass is 10.2. The van der Waals surface area contributed by atoms with Crippen LogP contribution < -0.4 is 14.8 Å². The monoisotopic (exact) mass is 224 g/mol. The highest BCUT2D eigenvalue weighted by molar-refractivity contribution is 6.31. The summed E-state index contributed by atoms with van der Waals surface area (Å²) in [6.45, 7) is 0. The molecule has 0 aliphatic rings. The van der Waals surface area contributed by atoms with Crippen LogP contribution in [0.2, 0.25) is 0 Å². The third-order valence-corrected chi connectivity index (χ3v) is 1.84. The van der Waals surface area contributed by atoms with Crippen LogP contribution in [-0.2, 0) is 4.79 Å². The van der Waals surface area contributed by atoms with Crippen LogP contribution in [0.1, 0.15) is 0 Å². The second kappa shape index (κ2) is 5.59. The van der Waals surface area contributed by atoms with Crippen LogP contribution in [0.25, 0.3) is 0 Å². The van der Waals surface area contributed by atoms with Crippen molar-refractivity contribution in [3.63, 3.8) is 0 Å². The number of ether oxygens (including phenoxy) is 2. The molecule has 0 saturated carbocycles. The average molecular weight is 224 g/mol. The summed E-state index contributed by atoms with van der Waals surface area (Å²) in [6, 6.07) is 4.93. The predicted octanol–water partition coefficient (Wildman–Crippen LogP) is 1.10. The van der Waals surface area contributed by atoms with Gasteiger partial charge < -0.3 is 20.0 Å². The zero-order valence-electron chi connectivity index (χ0n) is 8.93. The van der Waals surface area contributed by atoms with E-state index in [9.17, 15) is 4.79 Å². The molecular formula is C10H12N2O4. The molecule has 86 valence electrons. The van der Waals surface area contributed by atoms with Crippen LogP contribution in [-0.4, -0.2) is 31.5 Å². The molecule has 1 amide bonds. The number of hydrogen-bond donors (Lipinski definition) is 2. The molecule has 0 radical (unpaired) electrons. The van der Waals surface area contributed by atoms with Gasteiger partial charge in [0.1, 0.15) is 17.7 Å². The molecule has 1 rings (SSSR count). The fraction of sp³-hybridized carbons (Fsp3) is 0.200. The number of rotatable bonds is 4. The number of carbonyl (C=O) groups is 1. The number of amides is 1. The second-order valence-corrected chi connectivity index (χ2v) is 2.80. The van der Waals surface area contributed by atoms with Crippen molar-refractivity contribution in [1.82, 2.24) is 0 Å². The molecule has 0 fully saturated rings. The van der Waals surface area contributed by atoms with E-state index in [0.717, 1.165) is 6.21 Å². The lowest BCUT2D eigenvalue weighted by molar-refractivity contribution is -0.110.